The maximum atomic E-state index is 6.63. The molecule has 0 spiro atoms. The summed E-state index contributed by atoms with van der Waals surface area (Å²) in [6, 6.07) is 64.7. The largest absolute Gasteiger partial charge is 0.454 e. The fraction of sp³-hybridized carbons (Fsp3) is 0. The van der Waals surface area contributed by atoms with Gasteiger partial charge < -0.3 is 18.3 Å². The van der Waals surface area contributed by atoms with Crippen LogP contribution in [-0.4, -0.2) is 4.57 Å². The number of hydrogen-bond acceptors (Lipinski definition) is 3. The minimum Gasteiger partial charge on any atom is -0.454 e. The number of hydrogen-bond donors (Lipinski definition) is 0. The molecule has 3 aromatic heterocycles. The minimum atomic E-state index is 0.834. The molecule has 3 heterocycles. The Hall–Kier alpha value is -7.30. The van der Waals surface area contributed by atoms with Gasteiger partial charge in [0, 0.05) is 43.7 Å². The quantitative estimate of drug-likeness (QED) is 0.169. The summed E-state index contributed by atoms with van der Waals surface area (Å²) in [7, 11) is 0. The molecule has 0 saturated carbocycles. The van der Waals surface area contributed by atoms with Gasteiger partial charge in [-0.2, -0.15) is 0 Å². The lowest BCUT2D eigenvalue weighted by Gasteiger charge is -2.25. The lowest BCUT2D eigenvalue weighted by atomic mass is 9.97. The number of nitrogens with zero attached hydrogens (tertiary/aromatic N) is 2. The highest BCUT2D eigenvalue weighted by atomic mass is 16.3. The molecule has 54 heavy (non-hydrogen) atoms. The summed E-state index contributed by atoms with van der Waals surface area (Å²) >= 11 is 0. The zero-order valence-corrected chi connectivity index (χ0v) is 29.0. The van der Waals surface area contributed by atoms with E-state index < -0.39 is 0 Å². The van der Waals surface area contributed by atoms with E-state index in [2.05, 4.69) is 167 Å². The van der Waals surface area contributed by atoms with E-state index in [0.29, 0.717) is 0 Å². The zero-order valence-electron chi connectivity index (χ0n) is 29.0. The Balaban J connectivity index is 1.07. The van der Waals surface area contributed by atoms with Crippen molar-refractivity contribution in [1.29, 1.82) is 0 Å². The summed E-state index contributed by atoms with van der Waals surface area (Å²) in [6.07, 6.45) is 0. The molecule has 0 N–H and O–H groups in total. The number of para-hydroxylation sites is 5. The van der Waals surface area contributed by atoms with Crippen molar-refractivity contribution < 1.29 is 8.83 Å². The molecule has 0 aliphatic heterocycles. The Morgan fingerprint density at radius 3 is 1.65 bits per heavy atom. The first-order valence-corrected chi connectivity index (χ1v) is 18.3. The summed E-state index contributed by atoms with van der Waals surface area (Å²) < 4.78 is 15.7. The molecule has 12 aromatic rings. The monoisotopic (exact) mass is 690 g/mol. The van der Waals surface area contributed by atoms with E-state index in [1.165, 1.54) is 38.1 Å². The lowest BCUT2D eigenvalue weighted by Crippen LogP contribution is -2.10. The van der Waals surface area contributed by atoms with Crippen molar-refractivity contribution in [1.82, 2.24) is 4.57 Å². The van der Waals surface area contributed by atoms with E-state index >= 15 is 0 Å². The first-order chi connectivity index (χ1) is 26.8. The molecule has 0 aliphatic rings. The average molecular weight is 691 g/mol. The van der Waals surface area contributed by atoms with Crippen LogP contribution < -0.4 is 4.90 Å². The van der Waals surface area contributed by atoms with Crippen LogP contribution in [0, 0.1) is 0 Å². The van der Waals surface area contributed by atoms with Crippen LogP contribution in [0.25, 0.3) is 93.3 Å². The Morgan fingerprint density at radius 2 is 0.963 bits per heavy atom. The minimum absolute atomic E-state index is 0.834. The van der Waals surface area contributed by atoms with Gasteiger partial charge in [-0.1, -0.05) is 115 Å². The molecule has 9 aromatic carbocycles. The van der Waals surface area contributed by atoms with Crippen molar-refractivity contribution in [2.24, 2.45) is 0 Å². The highest BCUT2D eigenvalue weighted by Gasteiger charge is 2.24. The number of aromatic nitrogens is 1. The molecule has 0 bridgehead atoms. The first kappa shape index (κ1) is 29.3. The maximum Gasteiger partial charge on any atom is 0.159 e. The van der Waals surface area contributed by atoms with Crippen molar-refractivity contribution >= 4 is 93.5 Å². The maximum absolute atomic E-state index is 6.63. The standard InChI is InChI=1S/C50H30N2O2/c1-2-12-35(13-3-1)51-41-18-8-11-32-23-24-33-29-34(30-44(51)48(33)47(32)41)31-25-27-36(28-26-31)52(42-19-9-16-39-37-14-4-6-21-45(37)53-49(39)42)43-20-10-17-40-38-15-5-7-22-46(38)54-50(40)43/h1-30H. The third-order valence-electron chi connectivity index (χ3n) is 11.1. The van der Waals surface area contributed by atoms with Crippen LogP contribution in [0.5, 0.6) is 0 Å². The van der Waals surface area contributed by atoms with Crippen LogP contribution in [0.2, 0.25) is 0 Å². The van der Waals surface area contributed by atoms with E-state index in [1.54, 1.807) is 0 Å². The molecule has 0 amide bonds. The second-order valence-electron chi connectivity index (χ2n) is 14.1. The van der Waals surface area contributed by atoms with E-state index in [1.807, 2.05) is 24.3 Å². The van der Waals surface area contributed by atoms with Crippen LogP contribution in [-0.2, 0) is 0 Å². The normalized spacial score (nSPS) is 12.1. The van der Waals surface area contributed by atoms with Gasteiger partial charge in [-0.05, 0) is 88.6 Å². The number of rotatable bonds is 5. The van der Waals surface area contributed by atoms with Crippen LogP contribution in [0.4, 0.5) is 17.1 Å². The molecule has 4 heteroatoms. The predicted molar refractivity (Wildman–Crippen MR) is 224 cm³/mol. The van der Waals surface area contributed by atoms with E-state index in [9.17, 15) is 0 Å². The Kier molecular flexibility index (Phi) is 6.02. The first-order valence-electron chi connectivity index (χ1n) is 18.3. The molecule has 4 nitrogen and oxygen atoms in total. The van der Waals surface area contributed by atoms with Gasteiger partial charge in [0.05, 0.1) is 22.4 Å². The highest BCUT2D eigenvalue weighted by Crippen LogP contribution is 2.47. The Bertz CT molecular complexity index is 3270. The van der Waals surface area contributed by atoms with Crippen LogP contribution in [0.3, 0.4) is 0 Å². The van der Waals surface area contributed by atoms with Crippen molar-refractivity contribution in [2.75, 3.05) is 4.90 Å². The number of benzene rings is 9. The van der Waals surface area contributed by atoms with Crippen molar-refractivity contribution in [3.8, 4) is 16.8 Å². The van der Waals surface area contributed by atoms with Gasteiger partial charge >= 0.3 is 0 Å². The highest BCUT2D eigenvalue weighted by molar-refractivity contribution is 6.25. The Morgan fingerprint density at radius 1 is 0.389 bits per heavy atom. The fourth-order valence-electron chi connectivity index (χ4n) is 8.74. The predicted octanol–water partition coefficient (Wildman–Crippen LogP) is 14.3. The van der Waals surface area contributed by atoms with Gasteiger partial charge in [-0.3, -0.25) is 0 Å². The zero-order chi connectivity index (χ0) is 35.3. The molecular formula is C50H30N2O2. The molecule has 252 valence electrons. The molecule has 0 fully saturated rings. The second-order valence-corrected chi connectivity index (χ2v) is 14.1. The number of fused-ring (bicyclic) bond motifs is 6. The molecule has 0 aliphatic carbocycles. The van der Waals surface area contributed by atoms with Crippen molar-refractivity contribution in [3.05, 3.63) is 182 Å². The summed E-state index contributed by atoms with van der Waals surface area (Å²) in [5.74, 6) is 0. The lowest BCUT2D eigenvalue weighted by molar-refractivity contribution is 0.666. The molecule has 0 saturated heterocycles. The SMILES string of the molecule is c1ccc(-n2c3cccc4ccc5cc(-c6ccc(N(c7cccc8c7oc7ccccc78)c7cccc8c7oc7ccccc78)cc6)cc2c5c43)cc1. The third kappa shape index (κ3) is 4.13. The van der Waals surface area contributed by atoms with E-state index in [4.69, 9.17) is 8.83 Å². The summed E-state index contributed by atoms with van der Waals surface area (Å²) in [5.41, 5.74) is 12.2. The van der Waals surface area contributed by atoms with Crippen LogP contribution in [0.15, 0.2) is 191 Å². The average Bonchev–Trinajstić information content (AvgIpc) is 3.92. The van der Waals surface area contributed by atoms with Gasteiger partial charge in [-0.15, -0.1) is 0 Å². The van der Waals surface area contributed by atoms with Crippen LogP contribution >= 0.6 is 0 Å². The smallest absolute Gasteiger partial charge is 0.159 e. The van der Waals surface area contributed by atoms with Gasteiger partial charge in [0.2, 0.25) is 0 Å². The van der Waals surface area contributed by atoms with Gasteiger partial charge in [-0.25, -0.2) is 0 Å². The number of anilines is 3. The molecule has 0 atom stereocenters. The van der Waals surface area contributed by atoms with Gasteiger partial charge in [0.1, 0.15) is 11.2 Å². The molecule has 12 rings (SSSR count). The van der Waals surface area contributed by atoms with Gasteiger partial charge in [0.15, 0.2) is 11.2 Å². The summed E-state index contributed by atoms with van der Waals surface area (Å²) in [5, 5.41) is 9.46. The van der Waals surface area contributed by atoms with Gasteiger partial charge in [0.25, 0.3) is 0 Å². The van der Waals surface area contributed by atoms with Crippen LogP contribution in [0.1, 0.15) is 0 Å². The van der Waals surface area contributed by atoms with Crippen molar-refractivity contribution in [3.63, 3.8) is 0 Å². The Labute approximate surface area is 309 Å². The fourth-order valence-corrected chi connectivity index (χ4v) is 8.74. The topological polar surface area (TPSA) is 34.5 Å². The third-order valence-corrected chi connectivity index (χ3v) is 11.1. The number of furan rings is 2. The van der Waals surface area contributed by atoms with E-state index in [0.717, 1.165) is 72.2 Å². The summed E-state index contributed by atoms with van der Waals surface area (Å²) in [4.78, 5) is 2.28. The summed E-state index contributed by atoms with van der Waals surface area (Å²) in [6.45, 7) is 0. The van der Waals surface area contributed by atoms with Crippen molar-refractivity contribution in [2.45, 2.75) is 0 Å². The molecule has 0 unspecified atom stereocenters. The molecular weight excluding hydrogens is 661 g/mol. The second kappa shape index (κ2) is 11.1. The molecule has 0 radical (unpaired) electrons. The van der Waals surface area contributed by atoms with E-state index in [-0.39, 0.29) is 0 Å².